The Morgan fingerprint density at radius 3 is 2.49 bits per heavy atom. The van der Waals surface area contributed by atoms with E-state index in [0.717, 1.165) is 110 Å². The van der Waals surface area contributed by atoms with E-state index in [1.807, 2.05) is 17.8 Å². The molecule has 0 fully saturated rings. The maximum Gasteiger partial charge on any atom is 0.163 e. The fraction of sp³-hybridized carbons (Fsp3) is 0.244. The van der Waals surface area contributed by atoms with Crippen LogP contribution in [-0.4, -0.2) is 16.0 Å². The number of rotatable bonds is 13. The molecule has 0 bridgehead atoms. The summed E-state index contributed by atoms with van der Waals surface area (Å²) >= 11 is 0. The Bertz CT molecular complexity index is 1870. The molecule has 0 radical (unpaired) electrons. The third kappa shape index (κ3) is 8.63. The number of anilines is 1. The van der Waals surface area contributed by atoms with Crippen LogP contribution in [0.2, 0.25) is 0 Å². The lowest BCUT2D eigenvalue weighted by atomic mass is 10.00. The first-order chi connectivity index (χ1) is 24.2. The summed E-state index contributed by atoms with van der Waals surface area (Å²) in [6.07, 6.45) is 49.6. The van der Waals surface area contributed by atoms with Gasteiger partial charge in [0.2, 0.25) is 0 Å². The zero-order valence-corrected chi connectivity index (χ0v) is 28.8. The van der Waals surface area contributed by atoms with Crippen molar-refractivity contribution in [3.63, 3.8) is 0 Å². The van der Waals surface area contributed by atoms with Crippen molar-refractivity contribution in [1.29, 1.82) is 0 Å². The number of hydrogen-bond acceptors (Lipinski definition) is 3. The highest BCUT2D eigenvalue weighted by Gasteiger charge is 2.24. The molecule has 0 saturated heterocycles. The van der Waals surface area contributed by atoms with Gasteiger partial charge in [-0.2, -0.15) is 5.10 Å². The summed E-state index contributed by atoms with van der Waals surface area (Å²) in [7, 11) is 0. The topological polar surface area (TPSA) is 33.4 Å². The highest BCUT2D eigenvalue weighted by atomic mass is 15.3. The van der Waals surface area contributed by atoms with Crippen LogP contribution in [-0.2, 0) is 6.42 Å². The van der Waals surface area contributed by atoms with Gasteiger partial charge in [0, 0.05) is 28.9 Å². The standard InChI is InChI=1S/C45H48N4/c1-3-4-5-6-7-20-32-43-44(45(46-35-37-22-12-8-13-23-37)49(47-43)36(2)38-24-14-9-15-25-38)39-26-21-31-42(34-33-39)48(40-27-16-10-17-28-40)41-29-18-11-19-30-41/h3-6,9-10,12,14,16-18,22-24,26-31,33-35H,2,7-8,11,13,15,19-21,25,32H2,1H3/b4-3-,6-5-,46-35+. The van der Waals surface area contributed by atoms with Crippen molar-refractivity contribution in [2.75, 3.05) is 4.90 Å². The molecule has 4 heteroatoms. The predicted octanol–water partition coefficient (Wildman–Crippen LogP) is 12.0. The average Bonchev–Trinajstić information content (AvgIpc) is 3.35. The molecule has 248 valence electrons. The summed E-state index contributed by atoms with van der Waals surface area (Å²) in [5.41, 5.74) is 10.0. The first kappa shape index (κ1) is 33.7. The molecule has 1 aromatic heterocycles. The number of unbranched alkanes of at least 4 members (excludes halogenated alkanes) is 1. The third-order valence-corrected chi connectivity index (χ3v) is 9.05. The first-order valence-electron chi connectivity index (χ1n) is 17.9. The summed E-state index contributed by atoms with van der Waals surface area (Å²) in [4.78, 5) is 7.59. The molecule has 0 spiro atoms. The number of para-hydroxylation sites is 1. The van der Waals surface area contributed by atoms with Crippen LogP contribution in [0.1, 0.15) is 76.0 Å². The van der Waals surface area contributed by atoms with Crippen molar-refractivity contribution in [2.45, 2.75) is 71.1 Å². The summed E-state index contributed by atoms with van der Waals surface area (Å²) in [6, 6.07) is 10.7. The van der Waals surface area contributed by atoms with E-state index in [0.29, 0.717) is 0 Å². The molecule has 49 heavy (non-hydrogen) atoms. The van der Waals surface area contributed by atoms with Gasteiger partial charge in [-0.15, -0.1) is 0 Å². The van der Waals surface area contributed by atoms with Gasteiger partial charge < -0.3 is 4.90 Å². The lowest BCUT2D eigenvalue weighted by Crippen LogP contribution is -2.20. The average molecular weight is 645 g/mol. The largest absolute Gasteiger partial charge is 0.311 e. The highest BCUT2D eigenvalue weighted by Crippen LogP contribution is 2.38. The summed E-state index contributed by atoms with van der Waals surface area (Å²) in [5.74, 6) is 0.844. The van der Waals surface area contributed by atoms with Crippen molar-refractivity contribution in [2.24, 2.45) is 4.99 Å². The maximum absolute atomic E-state index is 5.31. The molecule has 0 aliphatic heterocycles. The highest BCUT2D eigenvalue weighted by molar-refractivity contribution is 5.90. The SMILES string of the molecule is C=C(C1=CC=CCC1)n1nc(CCC/C=C\C=C/C)c(C2=CCC=C(N(C3=CCCC=C3)c3ccccc3)C=C2)c1/N=C/C1=CCCC=C1. The van der Waals surface area contributed by atoms with Crippen molar-refractivity contribution < 1.29 is 0 Å². The Morgan fingerprint density at radius 2 is 1.73 bits per heavy atom. The van der Waals surface area contributed by atoms with Gasteiger partial charge in [0.15, 0.2) is 5.82 Å². The molecular formula is C45H48N4. The van der Waals surface area contributed by atoms with E-state index < -0.39 is 0 Å². The second-order valence-electron chi connectivity index (χ2n) is 12.6. The van der Waals surface area contributed by atoms with Crippen molar-refractivity contribution in [3.8, 4) is 0 Å². The zero-order chi connectivity index (χ0) is 33.7. The van der Waals surface area contributed by atoms with Crippen LogP contribution in [0.4, 0.5) is 11.5 Å². The second kappa shape index (κ2) is 17.3. The number of aromatic nitrogens is 2. The molecule has 0 unspecified atom stereocenters. The molecule has 6 rings (SSSR count). The van der Waals surface area contributed by atoms with Gasteiger partial charge in [0.1, 0.15) is 0 Å². The Morgan fingerprint density at radius 1 is 0.898 bits per heavy atom. The quantitative estimate of drug-likeness (QED) is 0.123. The molecule has 4 nitrogen and oxygen atoms in total. The maximum atomic E-state index is 5.31. The minimum absolute atomic E-state index is 0.794. The number of nitrogens with zero attached hydrogens (tertiary/aromatic N) is 4. The minimum atomic E-state index is 0.794. The van der Waals surface area contributed by atoms with E-state index in [9.17, 15) is 0 Å². The van der Waals surface area contributed by atoms with E-state index in [-0.39, 0.29) is 0 Å². The minimum Gasteiger partial charge on any atom is -0.311 e. The van der Waals surface area contributed by atoms with E-state index in [2.05, 4.69) is 145 Å². The zero-order valence-electron chi connectivity index (χ0n) is 28.8. The number of hydrogen-bond donors (Lipinski definition) is 0. The van der Waals surface area contributed by atoms with Gasteiger partial charge in [-0.25, -0.2) is 9.67 Å². The summed E-state index contributed by atoms with van der Waals surface area (Å²) in [5, 5.41) is 5.31. The van der Waals surface area contributed by atoms with Crippen molar-refractivity contribution in [3.05, 3.63) is 174 Å². The third-order valence-electron chi connectivity index (χ3n) is 9.05. The number of aliphatic imine (C=N–C) groups is 1. The number of allylic oxidation sites excluding steroid dienone is 21. The van der Waals surface area contributed by atoms with E-state index in [1.165, 1.54) is 11.3 Å². The smallest absolute Gasteiger partial charge is 0.163 e. The summed E-state index contributed by atoms with van der Waals surface area (Å²) in [6.45, 7) is 6.63. The van der Waals surface area contributed by atoms with Crippen LogP contribution in [0.3, 0.4) is 0 Å². The molecule has 0 saturated carbocycles. The first-order valence-corrected chi connectivity index (χ1v) is 17.9. The Hall–Kier alpha value is -5.22. The van der Waals surface area contributed by atoms with Gasteiger partial charge in [-0.1, -0.05) is 116 Å². The van der Waals surface area contributed by atoms with Gasteiger partial charge in [0.05, 0.1) is 11.4 Å². The fourth-order valence-electron chi connectivity index (χ4n) is 6.51. The number of benzene rings is 1. The van der Waals surface area contributed by atoms with Gasteiger partial charge in [0.25, 0.3) is 0 Å². The fourth-order valence-corrected chi connectivity index (χ4v) is 6.51. The van der Waals surface area contributed by atoms with Crippen LogP contribution < -0.4 is 4.90 Å². The number of aryl methyl sites for hydroxylation is 1. The van der Waals surface area contributed by atoms with Crippen molar-refractivity contribution in [1.82, 2.24) is 9.78 Å². The molecular weight excluding hydrogens is 597 g/mol. The lowest BCUT2D eigenvalue weighted by Gasteiger charge is -2.28. The molecule has 0 N–H and O–H groups in total. The van der Waals surface area contributed by atoms with Gasteiger partial charge >= 0.3 is 0 Å². The molecule has 0 atom stereocenters. The molecule has 0 amide bonds. The van der Waals surface area contributed by atoms with E-state index >= 15 is 0 Å². The van der Waals surface area contributed by atoms with Crippen LogP contribution in [0, 0.1) is 0 Å². The molecule has 1 heterocycles. The molecule has 1 aromatic carbocycles. The second-order valence-corrected chi connectivity index (χ2v) is 12.6. The van der Waals surface area contributed by atoms with Crippen LogP contribution in [0.15, 0.2) is 168 Å². The Labute approximate surface area is 293 Å². The van der Waals surface area contributed by atoms with Crippen LogP contribution in [0.5, 0.6) is 0 Å². The van der Waals surface area contributed by atoms with E-state index in [1.54, 1.807) is 0 Å². The Balaban J connectivity index is 1.41. The van der Waals surface area contributed by atoms with Gasteiger partial charge in [-0.3, -0.25) is 0 Å². The molecule has 4 aliphatic carbocycles. The van der Waals surface area contributed by atoms with Crippen LogP contribution in [0.25, 0.3) is 11.3 Å². The summed E-state index contributed by atoms with van der Waals surface area (Å²) < 4.78 is 2.01. The van der Waals surface area contributed by atoms with Crippen molar-refractivity contribution >= 4 is 29.0 Å². The molecule has 2 aromatic rings. The van der Waals surface area contributed by atoms with Crippen LogP contribution >= 0.6 is 0 Å². The van der Waals surface area contributed by atoms with Gasteiger partial charge in [-0.05, 0) is 112 Å². The predicted molar refractivity (Wildman–Crippen MR) is 211 cm³/mol. The molecule has 4 aliphatic rings. The Kier molecular flexibility index (Phi) is 11.9. The monoisotopic (exact) mass is 644 g/mol. The normalized spacial score (nSPS) is 17.7. The lowest BCUT2D eigenvalue weighted by molar-refractivity contribution is 0.780. The van der Waals surface area contributed by atoms with E-state index in [4.69, 9.17) is 10.1 Å².